The van der Waals surface area contributed by atoms with Gasteiger partial charge in [-0.15, -0.1) is 0 Å². The molecule has 0 aliphatic carbocycles. The van der Waals surface area contributed by atoms with E-state index >= 15 is 0 Å². The van der Waals surface area contributed by atoms with E-state index in [9.17, 15) is 9.59 Å². The Balaban J connectivity index is 2.00. The lowest BCUT2D eigenvalue weighted by Gasteiger charge is -2.30. The van der Waals surface area contributed by atoms with Crippen molar-refractivity contribution in [3.63, 3.8) is 0 Å². The molecule has 0 bridgehead atoms. The summed E-state index contributed by atoms with van der Waals surface area (Å²) >= 11 is 3.27. The van der Waals surface area contributed by atoms with E-state index in [1.165, 1.54) is 0 Å². The number of likely N-dealkylation sites (N-methyl/N-ethyl adjacent to an activating group) is 1. The zero-order chi connectivity index (χ0) is 16.4. The minimum Gasteiger partial charge on any atom is -0.483 e. The highest BCUT2D eigenvalue weighted by atomic mass is 79.9. The highest BCUT2D eigenvalue weighted by molar-refractivity contribution is 9.10. The zero-order valence-corrected chi connectivity index (χ0v) is 14.4. The number of benzene rings is 1. The third kappa shape index (κ3) is 3.03. The molecule has 23 heavy (non-hydrogen) atoms. The summed E-state index contributed by atoms with van der Waals surface area (Å²) in [6.45, 7) is 4.07. The summed E-state index contributed by atoms with van der Waals surface area (Å²) in [4.78, 5) is 26.8. The maximum Gasteiger partial charge on any atom is 0.274 e. The summed E-state index contributed by atoms with van der Waals surface area (Å²) in [5, 5.41) is 0. The van der Waals surface area contributed by atoms with E-state index in [1.54, 1.807) is 15.7 Å². The second-order valence-corrected chi connectivity index (χ2v) is 6.19. The average molecular weight is 377 g/mol. The van der Waals surface area contributed by atoms with Crippen LogP contribution in [-0.4, -0.2) is 28.5 Å². The molecule has 3 rings (SSSR count). The molecule has 6 heteroatoms. The minimum atomic E-state index is -0.293. The van der Waals surface area contributed by atoms with Crippen LogP contribution in [0.1, 0.15) is 23.0 Å². The molecule has 0 unspecified atom stereocenters. The molecule has 0 N–H and O–H groups in total. The van der Waals surface area contributed by atoms with Crippen LogP contribution in [0.2, 0.25) is 0 Å². The van der Waals surface area contributed by atoms with Crippen molar-refractivity contribution >= 4 is 21.8 Å². The van der Waals surface area contributed by atoms with Crippen molar-refractivity contribution in [2.75, 3.05) is 13.1 Å². The predicted octanol–water partition coefficient (Wildman–Crippen LogP) is 2.67. The van der Waals surface area contributed by atoms with Crippen LogP contribution in [0.25, 0.3) is 0 Å². The van der Waals surface area contributed by atoms with Crippen LogP contribution in [0.4, 0.5) is 0 Å². The lowest BCUT2D eigenvalue weighted by molar-refractivity contribution is 0.0704. The summed E-state index contributed by atoms with van der Waals surface area (Å²) < 4.78 is 7.95. The van der Waals surface area contributed by atoms with Gasteiger partial charge in [-0.1, -0.05) is 30.3 Å². The van der Waals surface area contributed by atoms with Crippen molar-refractivity contribution in [3.05, 3.63) is 62.5 Å². The zero-order valence-electron chi connectivity index (χ0n) is 12.8. The van der Waals surface area contributed by atoms with E-state index in [0.717, 1.165) is 5.56 Å². The lowest BCUT2D eigenvalue weighted by atomic mass is 10.2. The van der Waals surface area contributed by atoms with Crippen molar-refractivity contribution in [1.29, 1.82) is 0 Å². The van der Waals surface area contributed by atoms with Gasteiger partial charge in [0.05, 0.1) is 4.47 Å². The first-order valence-electron chi connectivity index (χ1n) is 7.50. The molecule has 1 aliphatic heterocycles. The van der Waals surface area contributed by atoms with Crippen LogP contribution in [0.15, 0.2) is 45.8 Å². The standard InChI is InChI=1S/C17H17BrN2O3/c1-2-19-8-9-20-10-13(18)15(21)16(14(20)17(19)22)23-11-12-6-4-3-5-7-12/h3-7,10H,2,8-9,11H2,1H3. The molecule has 2 aromatic rings. The number of ether oxygens (including phenoxy) is 1. The van der Waals surface area contributed by atoms with Crippen molar-refractivity contribution < 1.29 is 9.53 Å². The SMILES string of the molecule is CCN1CCn2cc(Br)c(=O)c(OCc3ccccc3)c2C1=O. The maximum atomic E-state index is 12.6. The number of carbonyl (C=O) groups excluding carboxylic acids is 1. The molecule has 5 nitrogen and oxygen atoms in total. The Morgan fingerprint density at radius 1 is 1.17 bits per heavy atom. The number of halogens is 1. The second kappa shape index (κ2) is 6.58. The van der Waals surface area contributed by atoms with E-state index in [1.807, 2.05) is 37.3 Å². The molecule has 1 amide bonds. The van der Waals surface area contributed by atoms with Gasteiger partial charge >= 0.3 is 0 Å². The highest BCUT2D eigenvalue weighted by Crippen LogP contribution is 2.24. The number of fused-ring (bicyclic) bond motifs is 1. The van der Waals surface area contributed by atoms with Gasteiger partial charge in [-0.3, -0.25) is 9.59 Å². The summed E-state index contributed by atoms with van der Waals surface area (Å²) in [7, 11) is 0. The number of carbonyl (C=O) groups is 1. The van der Waals surface area contributed by atoms with Gasteiger partial charge in [-0.2, -0.15) is 0 Å². The number of rotatable bonds is 4. The van der Waals surface area contributed by atoms with Gasteiger partial charge < -0.3 is 14.2 Å². The molecular weight excluding hydrogens is 360 g/mol. The normalized spacial score (nSPS) is 13.8. The number of pyridine rings is 1. The van der Waals surface area contributed by atoms with Crippen molar-refractivity contribution in [2.24, 2.45) is 0 Å². The van der Waals surface area contributed by atoms with Crippen LogP contribution < -0.4 is 10.2 Å². The van der Waals surface area contributed by atoms with Gasteiger partial charge in [-0.25, -0.2) is 0 Å². The molecule has 120 valence electrons. The Bertz CT molecular complexity index is 786. The monoisotopic (exact) mass is 376 g/mol. The smallest absolute Gasteiger partial charge is 0.274 e. The molecule has 2 heterocycles. The fourth-order valence-corrected chi connectivity index (χ4v) is 3.08. The van der Waals surface area contributed by atoms with E-state index < -0.39 is 0 Å². The number of hydrogen-bond donors (Lipinski definition) is 0. The first kappa shape index (κ1) is 15.8. The predicted molar refractivity (Wildman–Crippen MR) is 90.8 cm³/mol. The van der Waals surface area contributed by atoms with Crippen molar-refractivity contribution in [3.8, 4) is 5.75 Å². The fourth-order valence-electron chi connectivity index (χ4n) is 2.65. The molecular formula is C17H17BrN2O3. The minimum absolute atomic E-state index is 0.117. The molecule has 1 aromatic carbocycles. The maximum absolute atomic E-state index is 12.6. The van der Waals surface area contributed by atoms with Crippen LogP contribution in [0, 0.1) is 0 Å². The van der Waals surface area contributed by atoms with E-state index in [2.05, 4.69) is 15.9 Å². The van der Waals surface area contributed by atoms with Crippen LogP contribution in [0.3, 0.4) is 0 Å². The number of nitrogens with zero attached hydrogens (tertiary/aromatic N) is 2. The second-order valence-electron chi connectivity index (χ2n) is 5.34. The molecule has 0 fully saturated rings. The van der Waals surface area contributed by atoms with E-state index in [4.69, 9.17) is 4.74 Å². The topological polar surface area (TPSA) is 51.5 Å². The Labute approximate surface area is 142 Å². The Morgan fingerprint density at radius 2 is 1.91 bits per heavy atom. The highest BCUT2D eigenvalue weighted by Gasteiger charge is 2.29. The molecule has 0 saturated carbocycles. The van der Waals surface area contributed by atoms with Crippen LogP contribution in [0.5, 0.6) is 5.75 Å². The summed E-state index contributed by atoms with van der Waals surface area (Å²) in [5.41, 5.74) is 0.988. The Morgan fingerprint density at radius 3 is 2.61 bits per heavy atom. The summed E-state index contributed by atoms with van der Waals surface area (Å²) in [5.74, 6) is -0.0437. The molecule has 0 saturated heterocycles. The lowest BCUT2D eigenvalue weighted by Crippen LogP contribution is -2.42. The molecule has 0 atom stereocenters. The van der Waals surface area contributed by atoms with Gasteiger partial charge in [0.2, 0.25) is 5.43 Å². The van der Waals surface area contributed by atoms with Crippen molar-refractivity contribution in [1.82, 2.24) is 9.47 Å². The quantitative estimate of drug-likeness (QED) is 0.823. The molecule has 1 aromatic heterocycles. The number of aromatic nitrogens is 1. The third-order valence-electron chi connectivity index (χ3n) is 3.90. The van der Waals surface area contributed by atoms with Crippen LogP contribution in [-0.2, 0) is 13.2 Å². The van der Waals surface area contributed by atoms with E-state index in [-0.39, 0.29) is 23.7 Å². The average Bonchev–Trinajstić information content (AvgIpc) is 2.57. The van der Waals surface area contributed by atoms with Crippen molar-refractivity contribution in [2.45, 2.75) is 20.1 Å². The van der Waals surface area contributed by atoms with Gasteiger partial charge in [0.15, 0.2) is 11.4 Å². The van der Waals surface area contributed by atoms with Gasteiger partial charge in [-0.05, 0) is 28.4 Å². The molecule has 1 aliphatic rings. The van der Waals surface area contributed by atoms with Gasteiger partial charge in [0.25, 0.3) is 5.91 Å². The fraction of sp³-hybridized carbons (Fsp3) is 0.294. The summed E-state index contributed by atoms with van der Waals surface area (Å²) in [6, 6.07) is 9.57. The van der Waals surface area contributed by atoms with E-state index in [0.29, 0.717) is 29.8 Å². The Kier molecular flexibility index (Phi) is 4.52. The number of hydrogen-bond acceptors (Lipinski definition) is 3. The molecule has 0 radical (unpaired) electrons. The van der Waals surface area contributed by atoms with Gasteiger partial charge in [0, 0.05) is 25.8 Å². The number of amides is 1. The molecule has 0 spiro atoms. The Hall–Kier alpha value is -2.08. The van der Waals surface area contributed by atoms with Crippen LogP contribution >= 0.6 is 15.9 Å². The summed E-state index contributed by atoms with van der Waals surface area (Å²) in [6.07, 6.45) is 1.66. The first-order valence-corrected chi connectivity index (χ1v) is 8.30. The van der Waals surface area contributed by atoms with Gasteiger partial charge in [0.1, 0.15) is 6.61 Å². The third-order valence-corrected chi connectivity index (χ3v) is 4.47. The first-order chi connectivity index (χ1) is 11.1. The largest absolute Gasteiger partial charge is 0.483 e.